The zero-order chi connectivity index (χ0) is 36.7. The lowest BCUT2D eigenvalue weighted by molar-refractivity contribution is 1.07. The Bertz CT molecular complexity index is 3400. The Balaban J connectivity index is 1.19. The van der Waals surface area contributed by atoms with Crippen LogP contribution >= 0.6 is 0 Å². The van der Waals surface area contributed by atoms with E-state index in [-0.39, 0.29) is 0 Å². The van der Waals surface area contributed by atoms with Gasteiger partial charge < -0.3 is 4.57 Å². The van der Waals surface area contributed by atoms with E-state index in [2.05, 4.69) is 130 Å². The second-order valence-corrected chi connectivity index (χ2v) is 14.3. The van der Waals surface area contributed by atoms with Crippen molar-refractivity contribution >= 4 is 59.9 Å². The van der Waals surface area contributed by atoms with Crippen LogP contribution in [0.3, 0.4) is 0 Å². The molecule has 4 aromatic heterocycles. The van der Waals surface area contributed by atoms with Crippen molar-refractivity contribution < 1.29 is 0 Å². The first-order chi connectivity index (χ1) is 27.8. The SMILES string of the molecule is c1ccc(-c2nc(-c3ccccc3)nc(-c3cccc(-n4c5cc6ccccc6c6c7ccccc7n7c(-c8ccccc8)nc8ccc4c(c65)c87)c3)n2)cc1. The highest BCUT2D eigenvalue weighted by Gasteiger charge is 2.25. The molecule has 0 saturated heterocycles. The van der Waals surface area contributed by atoms with Crippen LogP contribution in [0.4, 0.5) is 0 Å². The molecular weight excluding hydrogens is 685 g/mol. The minimum Gasteiger partial charge on any atom is -0.309 e. The summed E-state index contributed by atoms with van der Waals surface area (Å²) in [5.74, 6) is 2.82. The van der Waals surface area contributed by atoms with Crippen LogP contribution in [0.1, 0.15) is 0 Å². The van der Waals surface area contributed by atoms with E-state index in [0.717, 1.165) is 61.3 Å². The molecule has 0 spiro atoms. The first-order valence-electron chi connectivity index (χ1n) is 18.8. The van der Waals surface area contributed by atoms with Crippen LogP contribution in [0.5, 0.6) is 0 Å². The predicted molar refractivity (Wildman–Crippen MR) is 228 cm³/mol. The summed E-state index contributed by atoms with van der Waals surface area (Å²) in [6, 6.07) is 63.7. The fourth-order valence-corrected chi connectivity index (χ4v) is 8.66. The van der Waals surface area contributed by atoms with Crippen LogP contribution in [-0.4, -0.2) is 28.9 Å². The number of hydrogen-bond acceptors (Lipinski definition) is 4. The molecule has 8 aromatic carbocycles. The molecule has 0 saturated carbocycles. The zero-order valence-corrected chi connectivity index (χ0v) is 30.0. The zero-order valence-electron chi connectivity index (χ0n) is 30.0. The smallest absolute Gasteiger partial charge is 0.164 e. The fourth-order valence-electron chi connectivity index (χ4n) is 8.66. The second-order valence-electron chi connectivity index (χ2n) is 14.3. The number of para-hydroxylation sites is 1. The second kappa shape index (κ2) is 11.9. The van der Waals surface area contributed by atoms with Crippen molar-refractivity contribution in [3.8, 4) is 51.2 Å². The Morgan fingerprint density at radius 2 is 0.946 bits per heavy atom. The van der Waals surface area contributed by atoms with E-state index in [4.69, 9.17) is 19.9 Å². The largest absolute Gasteiger partial charge is 0.309 e. The van der Waals surface area contributed by atoms with E-state index in [1.54, 1.807) is 0 Å². The number of hydrogen-bond donors (Lipinski definition) is 0. The summed E-state index contributed by atoms with van der Waals surface area (Å²) in [5, 5.41) is 7.24. The van der Waals surface area contributed by atoms with Crippen molar-refractivity contribution in [3.05, 3.63) is 182 Å². The lowest BCUT2D eigenvalue weighted by Gasteiger charge is -2.13. The van der Waals surface area contributed by atoms with Crippen molar-refractivity contribution in [1.29, 1.82) is 0 Å². The standard InChI is InChI=1S/C50H30N6/c1-4-15-31(16-5-1)47-52-48(32-17-6-2-7-18-32)54-49(53-47)35-22-14-23-36(29-35)55-41-28-27-39-46-45(41)44-42(55)30-34-21-10-11-24-37(34)43(44)38-25-12-13-26-40(38)56(46)50(51-39)33-19-8-3-9-20-33/h1-30H. The van der Waals surface area contributed by atoms with E-state index in [1.165, 1.54) is 32.3 Å². The molecule has 0 radical (unpaired) electrons. The van der Waals surface area contributed by atoms with Crippen LogP contribution in [0.15, 0.2) is 182 Å². The summed E-state index contributed by atoms with van der Waals surface area (Å²) in [4.78, 5) is 20.4. The van der Waals surface area contributed by atoms with E-state index < -0.39 is 0 Å². The average Bonchev–Trinajstić information content (AvgIpc) is 3.78. The highest BCUT2D eigenvalue weighted by molar-refractivity contribution is 6.35. The van der Waals surface area contributed by atoms with Crippen LogP contribution in [-0.2, 0) is 0 Å². The number of benzene rings is 8. The predicted octanol–water partition coefficient (Wildman–Crippen LogP) is 12.2. The number of aromatic nitrogens is 6. The summed E-state index contributed by atoms with van der Waals surface area (Å²) in [6.07, 6.45) is 0. The van der Waals surface area contributed by atoms with Crippen molar-refractivity contribution in [3.63, 3.8) is 0 Å². The minimum atomic E-state index is 0.620. The molecule has 56 heavy (non-hydrogen) atoms. The maximum Gasteiger partial charge on any atom is 0.164 e. The van der Waals surface area contributed by atoms with Gasteiger partial charge in [-0.1, -0.05) is 146 Å². The van der Waals surface area contributed by atoms with E-state index >= 15 is 0 Å². The van der Waals surface area contributed by atoms with Crippen LogP contribution in [0.2, 0.25) is 0 Å². The lowest BCUT2D eigenvalue weighted by Crippen LogP contribution is -2.01. The molecule has 0 unspecified atom stereocenters. The van der Waals surface area contributed by atoms with Gasteiger partial charge >= 0.3 is 0 Å². The molecular formula is C50H30N6. The van der Waals surface area contributed by atoms with E-state index in [0.29, 0.717) is 17.5 Å². The third kappa shape index (κ3) is 4.50. The van der Waals surface area contributed by atoms with Gasteiger partial charge in [0, 0.05) is 49.5 Å². The molecule has 0 aliphatic carbocycles. The van der Waals surface area contributed by atoms with Gasteiger partial charge in [-0.3, -0.25) is 4.40 Å². The molecule has 4 heterocycles. The first kappa shape index (κ1) is 30.7. The molecule has 6 heteroatoms. The Morgan fingerprint density at radius 1 is 0.357 bits per heavy atom. The Hall–Kier alpha value is -7.70. The summed E-state index contributed by atoms with van der Waals surface area (Å²) in [7, 11) is 0. The van der Waals surface area contributed by atoms with Gasteiger partial charge in [0.25, 0.3) is 0 Å². The van der Waals surface area contributed by atoms with Gasteiger partial charge in [-0.25, -0.2) is 19.9 Å². The molecule has 0 fully saturated rings. The normalized spacial score (nSPS) is 11.9. The van der Waals surface area contributed by atoms with Crippen molar-refractivity contribution in [2.75, 3.05) is 0 Å². The molecule has 12 rings (SSSR count). The Labute approximate surface area is 321 Å². The molecule has 0 amide bonds. The third-order valence-electron chi connectivity index (χ3n) is 11.1. The minimum absolute atomic E-state index is 0.620. The molecule has 260 valence electrons. The molecule has 6 nitrogen and oxygen atoms in total. The Kier molecular flexibility index (Phi) is 6.53. The summed E-state index contributed by atoms with van der Waals surface area (Å²) in [5.41, 5.74) is 10.3. The van der Waals surface area contributed by atoms with Gasteiger partial charge in [0.2, 0.25) is 0 Å². The maximum absolute atomic E-state index is 5.33. The first-order valence-corrected chi connectivity index (χ1v) is 18.8. The van der Waals surface area contributed by atoms with Gasteiger partial charge in [0.1, 0.15) is 5.82 Å². The summed E-state index contributed by atoms with van der Waals surface area (Å²) >= 11 is 0. The lowest BCUT2D eigenvalue weighted by atomic mass is 9.98. The number of rotatable bonds is 5. The Morgan fingerprint density at radius 3 is 1.66 bits per heavy atom. The molecule has 0 N–H and O–H groups in total. The van der Waals surface area contributed by atoms with Gasteiger partial charge in [-0.15, -0.1) is 0 Å². The highest BCUT2D eigenvalue weighted by Crippen LogP contribution is 2.46. The van der Waals surface area contributed by atoms with Crippen molar-refractivity contribution in [2.24, 2.45) is 0 Å². The summed E-state index contributed by atoms with van der Waals surface area (Å²) < 4.78 is 4.80. The van der Waals surface area contributed by atoms with Gasteiger partial charge in [0.15, 0.2) is 17.5 Å². The number of nitrogens with zero attached hydrogens (tertiary/aromatic N) is 6. The molecule has 0 aliphatic rings. The third-order valence-corrected chi connectivity index (χ3v) is 11.1. The molecule has 0 aliphatic heterocycles. The van der Waals surface area contributed by atoms with Crippen LogP contribution in [0, 0.1) is 0 Å². The van der Waals surface area contributed by atoms with Crippen LogP contribution < -0.4 is 0 Å². The summed E-state index contributed by atoms with van der Waals surface area (Å²) in [6.45, 7) is 0. The van der Waals surface area contributed by atoms with Gasteiger partial charge in [-0.05, 0) is 47.2 Å². The molecule has 0 atom stereocenters. The quantitative estimate of drug-likeness (QED) is 0.178. The fraction of sp³-hybridized carbons (Fsp3) is 0. The molecule has 12 aromatic rings. The van der Waals surface area contributed by atoms with E-state index in [9.17, 15) is 0 Å². The van der Waals surface area contributed by atoms with E-state index in [1.807, 2.05) is 60.7 Å². The molecule has 0 bridgehead atoms. The monoisotopic (exact) mass is 714 g/mol. The highest BCUT2D eigenvalue weighted by atomic mass is 15.1. The van der Waals surface area contributed by atoms with Crippen molar-refractivity contribution in [1.82, 2.24) is 28.9 Å². The average molecular weight is 715 g/mol. The van der Waals surface area contributed by atoms with Crippen molar-refractivity contribution in [2.45, 2.75) is 0 Å². The van der Waals surface area contributed by atoms with Gasteiger partial charge in [0.05, 0.1) is 27.6 Å². The number of fused-ring (bicyclic) bond motifs is 5. The maximum atomic E-state index is 5.33. The topological polar surface area (TPSA) is 60.9 Å². The van der Waals surface area contributed by atoms with Crippen LogP contribution in [0.25, 0.3) is 111 Å². The number of imidazole rings is 1. The van der Waals surface area contributed by atoms with Gasteiger partial charge in [-0.2, -0.15) is 0 Å².